The number of carbonyl (C=O) groups is 1. The van der Waals surface area contributed by atoms with Crippen LogP contribution in [-0.4, -0.2) is 19.2 Å². The standard InChI is InChI=1S/C15H14FN3O5S/c1-8-5-11(19(21)22)3-4-14(8)25(23,24)18-13-7-10(15(17)20)6-12(16)9(13)2/h3-7,18H,1-2H3,(H2,17,20). The molecule has 10 heteroatoms. The van der Waals surface area contributed by atoms with Crippen LogP contribution in [0.1, 0.15) is 21.5 Å². The highest BCUT2D eigenvalue weighted by molar-refractivity contribution is 7.92. The smallest absolute Gasteiger partial charge is 0.269 e. The van der Waals surface area contributed by atoms with Gasteiger partial charge in [0.2, 0.25) is 5.91 Å². The first-order chi connectivity index (χ1) is 11.5. The van der Waals surface area contributed by atoms with Crippen LogP contribution >= 0.6 is 0 Å². The molecule has 8 nitrogen and oxygen atoms in total. The molecule has 2 aromatic carbocycles. The van der Waals surface area contributed by atoms with Gasteiger partial charge in [0.05, 0.1) is 15.5 Å². The Kier molecular flexibility index (Phi) is 4.75. The normalized spacial score (nSPS) is 11.2. The summed E-state index contributed by atoms with van der Waals surface area (Å²) in [5.41, 5.74) is 4.63. The van der Waals surface area contributed by atoms with Crippen molar-refractivity contribution >= 4 is 27.3 Å². The molecule has 0 bridgehead atoms. The first-order valence-corrected chi connectivity index (χ1v) is 8.39. The Morgan fingerprint density at radius 1 is 1.24 bits per heavy atom. The number of nitro groups is 1. The van der Waals surface area contributed by atoms with Crippen LogP contribution in [-0.2, 0) is 10.0 Å². The number of hydrogen-bond donors (Lipinski definition) is 2. The Hall–Kier alpha value is -3.01. The van der Waals surface area contributed by atoms with Gasteiger partial charge < -0.3 is 5.73 Å². The Labute approximate surface area is 142 Å². The van der Waals surface area contributed by atoms with Crippen LogP contribution in [0.5, 0.6) is 0 Å². The third-order valence-electron chi connectivity index (χ3n) is 3.53. The number of amides is 1. The molecule has 0 unspecified atom stereocenters. The lowest BCUT2D eigenvalue weighted by molar-refractivity contribution is -0.385. The molecule has 1 amide bonds. The molecule has 0 atom stereocenters. The average Bonchev–Trinajstić information content (AvgIpc) is 2.50. The van der Waals surface area contributed by atoms with E-state index in [4.69, 9.17) is 5.73 Å². The molecule has 0 saturated carbocycles. The SMILES string of the molecule is Cc1cc([N+](=O)[O-])ccc1S(=O)(=O)Nc1cc(C(N)=O)cc(F)c1C. The van der Waals surface area contributed by atoms with E-state index in [1.54, 1.807) is 0 Å². The summed E-state index contributed by atoms with van der Waals surface area (Å²) in [6.45, 7) is 2.73. The van der Waals surface area contributed by atoms with Gasteiger partial charge in [0.25, 0.3) is 15.7 Å². The molecule has 0 saturated heterocycles. The highest BCUT2D eigenvalue weighted by atomic mass is 32.2. The molecular weight excluding hydrogens is 353 g/mol. The number of rotatable bonds is 5. The molecule has 0 aliphatic heterocycles. The fraction of sp³-hybridized carbons (Fsp3) is 0.133. The minimum atomic E-state index is -4.16. The van der Waals surface area contributed by atoms with Crippen LogP contribution in [0.4, 0.5) is 15.8 Å². The number of primary amides is 1. The molecule has 2 rings (SSSR count). The molecular formula is C15H14FN3O5S. The Morgan fingerprint density at radius 2 is 1.88 bits per heavy atom. The minimum absolute atomic E-state index is 0.0202. The summed E-state index contributed by atoms with van der Waals surface area (Å²) in [5.74, 6) is -1.71. The van der Waals surface area contributed by atoms with Crippen LogP contribution in [0.25, 0.3) is 0 Å². The minimum Gasteiger partial charge on any atom is -0.366 e. The lowest BCUT2D eigenvalue weighted by Crippen LogP contribution is -2.17. The van der Waals surface area contributed by atoms with E-state index in [9.17, 15) is 27.7 Å². The van der Waals surface area contributed by atoms with Crippen LogP contribution in [0, 0.1) is 29.8 Å². The summed E-state index contributed by atoms with van der Waals surface area (Å²) in [6.07, 6.45) is 0. The van der Waals surface area contributed by atoms with E-state index < -0.39 is 26.7 Å². The number of nitrogens with two attached hydrogens (primary N) is 1. The number of nitro benzene ring substituents is 1. The Balaban J connectivity index is 2.50. The molecule has 0 radical (unpaired) electrons. The van der Waals surface area contributed by atoms with Gasteiger partial charge in [-0.3, -0.25) is 19.6 Å². The van der Waals surface area contributed by atoms with E-state index in [2.05, 4.69) is 4.72 Å². The zero-order valence-corrected chi connectivity index (χ0v) is 14.1. The van der Waals surface area contributed by atoms with E-state index >= 15 is 0 Å². The average molecular weight is 367 g/mol. The van der Waals surface area contributed by atoms with Crippen molar-refractivity contribution in [1.29, 1.82) is 0 Å². The molecule has 3 N–H and O–H groups in total. The number of hydrogen-bond acceptors (Lipinski definition) is 5. The van der Waals surface area contributed by atoms with Crippen molar-refractivity contribution in [3.05, 3.63) is 63.0 Å². The molecule has 132 valence electrons. The number of halogens is 1. The largest absolute Gasteiger partial charge is 0.366 e. The zero-order valence-electron chi connectivity index (χ0n) is 13.2. The summed E-state index contributed by atoms with van der Waals surface area (Å²) in [6, 6.07) is 5.28. The Bertz CT molecular complexity index is 989. The highest BCUT2D eigenvalue weighted by Crippen LogP contribution is 2.26. The van der Waals surface area contributed by atoms with Crippen molar-refractivity contribution in [2.75, 3.05) is 4.72 Å². The van der Waals surface area contributed by atoms with Gasteiger partial charge in [0, 0.05) is 23.3 Å². The lowest BCUT2D eigenvalue weighted by Gasteiger charge is -2.13. The van der Waals surface area contributed by atoms with Gasteiger partial charge in [-0.2, -0.15) is 0 Å². The molecule has 0 fully saturated rings. The molecule has 2 aromatic rings. The molecule has 0 heterocycles. The highest BCUT2D eigenvalue weighted by Gasteiger charge is 2.21. The maximum absolute atomic E-state index is 13.9. The first-order valence-electron chi connectivity index (χ1n) is 6.90. The van der Waals surface area contributed by atoms with E-state index in [0.29, 0.717) is 0 Å². The van der Waals surface area contributed by atoms with E-state index in [0.717, 1.165) is 30.3 Å². The molecule has 0 aliphatic carbocycles. The van der Waals surface area contributed by atoms with Crippen molar-refractivity contribution in [2.24, 2.45) is 5.73 Å². The van der Waals surface area contributed by atoms with E-state index in [1.807, 2.05) is 0 Å². The Morgan fingerprint density at radius 3 is 2.40 bits per heavy atom. The number of carbonyl (C=O) groups excluding carboxylic acids is 1. The monoisotopic (exact) mass is 367 g/mol. The van der Waals surface area contributed by atoms with Gasteiger partial charge in [-0.15, -0.1) is 0 Å². The number of aryl methyl sites for hydroxylation is 1. The number of anilines is 1. The third-order valence-corrected chi connectivity index (χ3v) is 5.06. The van der Waals surface area contributed by atoms with Crippen LogP contribution < -0.4 is 10.5 Å². The van der Waals surface area contributed by atoms with Crippen molar-refractivity contribution in [3.63, 3.8) is 0 Å². The molecule has 0 aliphatic rings. The first kappa shape index (κ1) is 18.3. The number of benzene rings is 2. The molecule has 25 heavy (non-hydrogen) atoms. The van der Waals surface area contributed by atoms with Crippen molar-refractivity contribution < 1.29 is 22.5 Å². The second-order valence-electron chi connectivity index (χ2n) is 5.31. The van der Waals surface area contributed by atoms with Crippen LogP contribution in [0.3, 0.4) is 0 Å². The summed E-state index contributed by atoms with van der Waals surface area (Å²) in [4.78, 5) is 21.1. The maximum Gasteiger partial charge on any atom is 0.269 e. The molecule has 0 spiro atoms. The molecule has 0 aromatic heterocycles. The quantitative estimate of drug-likeness (QED) is 0.618. The summed E-state index contributed by atoms with van der Waals surface area (Å²) >= 11 is 0. The predicted molar refractivity (Wildman–Crippen MR) is 88.3 cm³/mol. The van der Waals surface area contributed by atoms with Gasteiger partial charge >= 0.3 is 0 Å². The summed E-state index contributed by atoms with van der Waals surface area (Å²) < 4.78 is 41.1. The van der Waals surface area contributed by atoms with Gasteiger partial charge in [-0.05, 0) is 37.6 Å². The third kappa shape index (κ3) is 3.74. The van der Waals surface area contributed by atoms with Gasteiger partial charge in [0.1, 0.15) is 5.82 Å². The topological polar surface area (TPSA) is 132 Å². The van der Waals surface area contributed by atoms with Crippen LogP contribution in [0.2, 0.25) is 0 Å². The predicted octanol–water partition coefficient (Wildman–Crippen LogP) is 2.25. The van der Waals surface area contributed by atoms with Gasteiger partial charge in [-0.1, -0.05) is 0 Å². The second kappa shape index (κ2) is 6.48. The number of nitrogens with zero attached hydrogens (tertiary/aromatic N) is 1. The fourth-order valence-electron chi connectivity index (χ4n) is 2.18. The number of nitrogens with one attached hydrogen (secondary N) is 1. The lowest BCUT2D eigenvalue weighted by atomic mass is 10.1. The fourth-order valence-corrected chi connectivity index (χ4v) is 3.52. The van der Waals surface area contributed by atoms with E-state index in [1.165, 1.54) is 13.8 Å². The van der Waals surface area contributed by atoms with Gasteiger partial charge in [-0.25, -0.2) is 12.8 Å². The second-order valence-corrected chi connectivity index (χ2v) is 6.96. The number of non-ortho nitro benzene ring substituents is 1. The van der Waals surface area contributed by atoms with Crippen molar-refractivity contribution in [1.82, 2.24) is 0 Å². The van der Waals surface area contributed by atoms with E-state index in [-0.39, 0.29) is 33.0 Å². The van der Waals surface area contributed by atoms with Crippen molar-refractivity contribution in [3.8, 4) is 0 Å². The zero-order chi connectivity index (χ0) is 18.9. The van der Waals surface area contributed by atoms with Crippen molar-refractivity contribution in [2.45, 2.75) is 18.7 Å². The number of sulfonamides is 1. The summed E-state index contributed by atoms with van der Waals surface area (Å²) in [7, 11) is -4.16. The van der Waals surface area contributed by atoms with Crippen LogP contribution in [0.15, 0.2) is 35.2 Å². The van der Waals surface area contributed by atoms with Gasteiger partial charge in [0.15, 0.2) is 0 Å². The summed E-state index contributed by atoms with van der Waals surface area (Å²) in [5, 5.41) is 10.7. The maximum atomic E-state index is 13.9.